The van der Waals surface area contributed by atoms with Gasteiger partial charge in [0.25, 0.3) is 0 Å². The minimum atomic E-state index is -0.114. The number of rotatable bonds is 4. The first-order chi connectivity index (χ1) is 11.0. The fourth-order valence-corrected chi connectivity index (χ4v) is 2.73. The topological polar surface area (TPSA) is 55.1 Å². The Bertz CT molecular complexity index is 372. The molecule has 0 heterocycles. The molecular weight excluding hydrogens is 284 g/mol. The molecule has 3 unspecified atom stereocenters. The molecule has 0 aromatic heterocycles. The molecule has 3 atom stereocenters. The van der Waals surface area contributed by atoms with E-state index in [-0.39, 0.29) is 6.04 Å². The van der Waals surface area contributed by atoms with Gasteiger partial charge in [-0.3, -0.25) is 4.79 Å². The molecular formula is C20H36N2O. The fraction of sp³-hybridized carbons (Fsp3) is 0.650. The third kappa shape index (κ3) is 11.8. The van der Waals surface area contributed by atoms with E-state index in [0.29, 0.717) is 13.0 Å². The molecule has 0 radical (unpaired) electrons. The normalized spacial score (nSPS) is 20.9. The summed E-state index contributed by atoms with van der Waals surface area (Å²) in [6, 6.07) is 9.56. The van der Waals surface area contributed by atoms with E-state index < -0.39 is 0 Å². The van der Waals surface area contributed by atoms with E-state index in [2.05, 4.69) is 33.0 Å². The zero-order valence-electron chi connectivity index (χ0n) is 15.4. The van der Waals surface area contributed by atoms with Crippen molar-refractivity contribution in [1.82, 2.24) is 5.32 Å². The zero-order valence-corrected chi connectivity index (χ0v) is 15.4. The molecule has 132 valence electrons. The van der Waals surface area contributed by atoms with Crippen molar-refractivity contribution in [3.05, 3.63) is 35.9 Å². The van der Waals surface area contributed by atoms with Crippen LogP contribution in [-0.2, 0) is 4.79 Å². The van der Waals surface area contributed by atoms with Crippen LogP contribution in [-0.4, -0.2) is 13.0 Å². The van der Waals surface area contributed by atoms with Gasteiger partial charge in [0, 0.05) is 12.6 Å². The molecule has 0 aliphatic heterocycles. The van der Waals surface area contributed by atoms with Gasteiger partial charge in [-0.25, -0.2) is 0 Å². The minimum Gasteiger partial charge on any atom is -0.357 e. The molecule has 1 aromatic rings. The van der Waals surface area contributed by atoms with Gasteiger partial charge in [0.1, 0.15) is 0 Å². The monoisotopic (exact) mass is 320 g/mol. The summed E-state index contributed by atoms with van der Waals surface area (Å²) in [6.45, 7) is 9.47. The summed E-state index contributed by atoms with van der Waals surface area (Å²) in [4.78, 5) is 9.97. The number of nitrogens with two attached hydrogens (primary N) is 1. The summed E-state index contributed by atoms with van der Waals surface area (Å²) >= 11 is 0. The van der Waals surface area contributed by atoms with Crippen molar-refractivity contribution in [2.75, 3.05) is 6.54 Å². The van der Waals surface area contributed by atoms with Gasteiger partial charge in [0.05, 0.1) is 0 Å². The van der Waals surface area contributed by atoms with Gasteiger partial charge in [0.15, 0.2) is 0 Å². The minimum absolute atomic E-state index is 0.114. The highest BCUT2D eigenvalue weighted by atomic mass is 16.1. The molecule has 3 nitrogen and oxygen atoms in total. The maximum atomic E-state index is 9.97. The van der Waals surface area contributed by atoms with E-state index >= 15 is 0 Å². The van der Waals surface area contributed by atoms with Gasteiger partial charge in [-0.05, 0) is 23.8 Å². The number of carbonyl (C=O) groups excluding carboxylic acids is 1. The van der Waals surface area contributed by atoms with Crippen LogP contribution in [0.2, 0.25) is 0 Å². The highest BCUT2D eigenvalue weighted by Crippen LogP contribution is 2.27. The van der Waals surface area contributed by atoms with Crippen LogP contribution in [0.1, 0.15) is 71.4 Å². The summed E-state index contributed by atoms with van der Waals surface area (Å²) in [7, 11) is 0. The Morgan fingerprint density at radius 2 is 1.70 bits per heavy atom. The molecule has 3 heteroatoms. The molecule has 1 aliphatic carbocycles. The van der Waals surface area contributed by atoms with Crippen molar-refractivity contribution >= 4 is 6.41 Å². The van der Waals surface area contributed by atoms with Crippen LogP contribution in [0.5, 0.6) is 0 Å². The molecule has 1 aliphatic rings. The lowest BCUT2D eigenvalue weighted by atomic mass is 9.84. The molecule has 23 heavy (non-hydrogen) atoms. The Morgan fingerprint density at radius 3 is 2.09 bits per heavy atom. The summed E-state index contributed by atoms with van der Waals surface area (Å²) in [5, 5.41) is 2.54. The van der Waals surface area contributed by atoms with Crippen molar-refractivity contribution in [3.63, 3.8) is 0 Å². The quantitative estimate of drug-likeness (QED) is 0.791. The number of amides is 1. The molecule has 2 rings (SSSR count). The molecule has 1 aromatic carbocycles. The van der Waals surface area contributed by atoms with Crippen molar-refractivity contribution in [1.29, 1.82) is 0 Å². The Labute approximate surface area is 143 Å². The van der Waals surface area contributed by atoms with E-state index in [1.54, 1.807) is 0 Å². The third-order valence-electron chi connectivity index (χ3n) is 3.85. The number of benzene rings is 1. The largest absolute Gasteiger partial charge is 0.357 e. The predicted octanol–water partition coefficient (Wildman–Crippen LogP) is 4.68. The summed E-state index contributed by atoms with van der Waals surface area (Å²) < 4.78 is 0. The second kappa shape index (κ2) is 14.3. The van der Waals surface area contributed by atoms with Gasteiger partial charge < -0.3 is 11.1 Å². The Balaban J connectivity index is 0.000000379. The molecule has 0 spiro atoms. The van der Waals surface area contributed by atoms with Crippen molar-refractivity contribution < 1.29 is 4.79 Å². The highest BCUT2D eigenvalue weighted by molar-refractivity contribution is 5.46. The van der Waals surface area contributed by atoms with Crippen molar-refractivity contribution in [2.45, 2.75) is 65.8 Å². The van der Waals surface area contributed by atoms with Crippen LogP contribution in [0.15, 0.2) is 30.3 Å². The van der Waals surface area contributed by atoms with Gasteiger partial charge in [-0.1, -0.05) is 83.7 Å². The predicted molar refractivity (Wildman–Crippen MR) is 100 cm³/mol. The first-order valence-corrected chi connectivity index (χ1v) is 9.02. The lowest BCUT2D eigenvalue weighted by molar-refractivity contribution is -0.109. The van der Waals surface area contributed by atoms with Crippen molar-refractivity contribution in [3.8, 4) is 0 Å². The second-order valence-corrected chi connectivity index (χ2v) is 6.63. The first-order valence-electron chi connectivity index (χ1n) is 9.02. The van der Waals surface area contributed by atoms with Crippen LogP contribution >= 0.6 is 0 Å². The molecule has 1 amide bonds. The molecule has 0 saturated heterocycles. The average molecular weight is 321 g/mol. The van der Waals surface area contributed by atoms with Gasteiger partial charge in [-0.2, -0.15) is 0 Å². The van der Waals surface area contributed by atoms with Crippen LogP contribution in [0, 0.1) is 11.8 Å². The highest BCUT2D eigenvalue weighted by Gasteiger charge is 2.13. The zero-order chi connectivity index (χ0) is 17.5. The third-order valence-corrected chi connectivity index (χ3v) is 3.85. The van der Waals surface area contributed by atoms with E-state index in [0.717, 1.165) is 17.4 Å². The first kappa shape index (κ1) is 21.6. The molecule has 0 bridgehead atoms. The van der Waals surface area contributed by atoms with Crippen LogP contribution in [0.4, 0.5) is 0 Å². The van der Waals surface area contributed by atoms with Gasteiger partial charge >= 0.3 is 0 Å². The number of nitrogens with one attached hydrogen (secondary N) is 1. The molecule has 3 N–H and O–H groups in total. The second-order valence-electron chi connectivity index (χ2n) is 6.63. The lowest BCUT2D eigenvalue weighted by Gasteiger charge is -2.22. The number of carbonyl (C=O) groups is 1. The summed E-state index contributed by atoms with van der Waals surface area (Å²) in [5.74, 6) is 2.03. The maximum Gasteiger partial charge on any atom is 0.207 e. The summed E-state index contributed by atoms with van der Waals surface area (Å²) in [5.41, 5.74) is 6.79. The van der Waals surface area contributed by atoms with Crippen molar-refractivity contribution in [2.24, 2.45) is 17.6 Å². The lowest BCUT2D eigenvalue weighted by Crippen LogP contribution is -2.25. The number of hydrogen-bond donors (Lipinski definition) is 2. The molecule has 1 fully saturated rings. The van der Waals surface area contributed by atoms with Gasteiger partial charge in [-0.15, -0.1) is 0 Å². The summed E-state index contributed by atoms with van der Waals surface area (Å²) in [6.07, 6.45) is 7.81. The molecule has 1 saturated carbocycles. The number of hydrogen-bond acceptors (Lipinski definition) is 2. The maximum absolute atomic E-state index is 9.97. The van der Waals surface area contributed by atoms with E-state index in [9.17, 15) is 4.79 Å². The van der Waals surface area contributed by atoms with Crippen LogP contribution in [0.25, 0.3) is 0 Å². The Kier molecular flexibility index (Phi) is 13.4. The smallest absolute Gasteiger partial charge is 0.207 e. The average Bonchev–Trinajstić information content (AvgIpc) is 2.54. The van der Waals surface area contributed by atoms with Gasteiger partial charge in [0.2, 0.25) is 6.41 Å². The van der Waals surface area contributed by atoms with Crippen LogP contribution < -0.4 is 11.1 Å². The SMILES string of the molecule is CC1CCCC(C)C1.CCC.NC(CNC=O)c1ccccc1. The van der Waals surface area contributed by atoms with E-state index in [4.69, 9.17) is 5.73 Å². The standard InChI is InChI=1S/C9H12N2O.C8H16.C3H8/c10-9(6-11-7-12)8-4-2-1-3-5-8;1-7-4-3-5-8(2)6-7;1-3-2/h1-5,7,9H,6,10H2,(H,11,12);7-8H,3-6H2,1-2H3;3H2,1-2H3. The Morgan fingerprint density at radius 1 is 1.17 bits per heavy atom. The van der Waals surface area contributed by atoms with E-state index in [1.165, 1.54) is 32.1 Å². The van der Waals surface area contributed by atoms with E-state index in [1.807, 2.05) is 30.3 Å². The Hall–Kier alpha value is -1.35. The van der Waals surface area contributed by atoms with Crippen LogP contribution in [0.3, 0.4) is 0 Å². The fourth-order valence-electron chi connectivity index (χ4n) is 2.73.